The largest absolute Gasteiger partial charge is 0.462 e. The van der Waals surface area contributed by atoms with Gasteiger partial charge in [0.15, 0.2) is 0 Å². The molecule has 0 unspecified atom stereocenters. The molecule has 0 radical (unpaired) electrons. The number of esters is 1. The maximum Gasteiger partial charge on any atom is 0.386 e. The first kappa shape index (κ1) is 13.9. The third-order valence-corrected chi connectivity index (χ3v) is 2.17. The fourth-order valence-corrected chi connectivity index (χ4v) is 1.28. The fraction of sp³-hybridized carbons (Fsp3) is 0.231. The molecule has 18 heavy (non-hydrogen) atoms. The normalized spacial score (nSPS) is 10.9. The zero-order valence-corrected chi connectivity index (χ0v) is 10.1. The molecule has 0 amide bonds. The molecule has 1 rings (SSSR count). The maximum absolute atomic E-state index is 11.9. The number of carbonyl (C=O) groups is 2. The Morgan fingerprint density at radius 2 is 1.83 bits per heavy atom. The first-order valence-corrected chi connectivity index (χ1v) is 5.37. The van der Waals surface area contributed by atoms with Gasteiger partial charge in [-0.25, -0.2) is 14.5 Å². The molecule has 96 valence electrons. The van der Waals surface area contributed by atoms with Crippen LogP contribution in [0.25, 0.3) is 6.08 Å². The minimum atomic E-state index is -1.37. The highest BCUT2D eigenvalue weighted by atomic mass is 19.3. The van der Waals surface area contributed by atoms with Gasteiger partial charge in [0.25, 0.3) is 0 Å². The van der Waals surface area contributed by atoms with E-state index in [-0.39, 0.29) is 6.61 Å². The maximum atomic E-state index is 11.9. The molecule has 0 bridgehead atoms. The van der Waals surface area contributed by atoms with E-state index in [1.54, 1.807) is 31.2 Å². The van der Waals surface area contributed by atoms with E-state index in [1.807, 2.05) is 6.92 Å². The van der Waals surface area contributed by atoms with Crippen molar-refractivity contribution in [1.82, 2.24) is 0 Å². The lowest BCUT2D eigenvalue weighted by atomic mass is 10.1. The Morgan fingerprint density at radius 3 is 2.33 bits per heavy atom. The molecule has 1 aromatic rings. The van der Waals surface area contributed by atoms with Gasteiger partial charge in [0, 0.05) is 4.53 Å². The van der Waals surface area contributed by atoms with Crippen LogP contribution in [0.3, 0.4) is 0 Å². The highest BCUT2D eigenvalue weighted by molar-refractivity contribution is 6.17. The molecule has 0 spiro atoms. The zero-order valence-electron chi connectivity index (χ0n) is 10.1. The van der Waals surface area contributed by atoms with Crippen LogP contribution in [0.5, 0.6) is 0 Å². The van der Waals surface area contributed by atoms with Gasteiger partial charge in [0.1, 0.15) is 5.57 Å². The summed E-state index contributed by atoms with van der Waals surface area (Å²) in [6, 6.07) is 6.99. The Labute approximate surface area is 104 Å². The predicted molar refractivity (Wildman–Crippen MR) is 63.0 cm³/mol. The number of aryl methyl sites for hydroxylation is 1. The summed E-state index contributed by atoms with van der Waals surface area (Å²) < 4.78 is 16.6. The van der Waals surface area contributed by atoms with Gasteiger partial charge >= 0.3 is 11.9 Å². The fourth-order valence-electron chi connectivity index (χ4n) is 1.28. The molecule has 0 fully saturated rings. The smallest absolute Gasteiger partial charge is 0.386 e. The molecule has 1 aromatic carbocycles. The van der Waals surface area contributed by atoms with Gasteiger partial charge in [-0.2, -0.15) is 0 Å². The summed E-state index contributed by atoms with van der Waals surface area (Å²) in [4.78, 5) is 25.7. The summed E-state index contributed by atoms with van der Waals surface area (Å²) in [6.07, 6.45) is 1.22. The molecule has 0 aliphatic carbocycles. The quantitative estimate of drug-likeness (QED) is 0.357. The molecule has 0 aliphatic rings. The van der Waals surface area contributed by atoms with E-state index >= 15 is 0 Å². The van der Waals surface area contributed by atoms with Gasteiger partial charge in [0.2, 0.25) is 0 Å². The third-order valence-electron chi connectivity index (χ3n) is 2.17. The molecular weight excluding hydrogens is 239 g/mol. The second-order valence-electron chi connectivity index (χ2n) is 3.55. The Bertz CT molecular complexity index is 462. The molecule has 0 heterocycles. The van der Waals surface area contributed by atoms with Crippen molar-refractivity contribution in [3.8, 4) is 0 Å². The standard InChI is InChI=1S/C13H13FO4/c1-3-17-12(15)11(13(16)18-14)8-10-6-4-9(2)5-7-10/h4-8H,3H2,1-2H3/b11-8+. The van der Waals surface area contributed by atoms with Crippen molar-refractivity contribution in [1.29, 1.82) is 0 Å². The van der Waals surface area contributed by atoms with Crippen molar-refractivity contribution in [2.75, 3.05) is 6.61 Å². The number of halogens is 1. The number of rotatable bonds is 4. The predicted octanol–water partition coefficient (Wildman–Crippen LogP) is 2.37. The summed E-state index contributed by atoms with van der Waals surface area (Å²) in [5.41, 5.74) is 1.12. The minimum Gasteiger partial charge on any atom is -0.462 e. The molecule has 0 N–H and O–H groups in total. The number of hydrogen-bond donors (Lipinski definition) is 0. The Kier molecular flexibility index (Phi) is 5.05. The van der Waals surface area contributed by atoms with Crippen LogP contribution in [0.1, 0.15) is 18.1 Å². The summed E-state index contributed by atoms with van der Waals surface area (Å²) in [5, 5.41) is 0. The van der Waals surface area contributed by atoms with Crippen molar-refractivity contribution in [3.05, 3.63) is 41.0 Å². The van der Waals surface area contributed by atoms with Gasteiger partial charge in [-0.15, -0.1) is 0 Å². The average Bonchev–Trinajstić information content (AvgIpc) is 2.37. The van der Waals surface area contributed by atoms with Crippen molar-refractivity contribution < 1.29 is 23.8 Å². The average molecular weight is 252 g/mol. The summed E-state index contributed by atoms with van der Waals surface area (Å²) >= 11 is 0. The van der Waals surface area contributed by atoms with Crippen molar-refractivity contribution in [2.45, 2.75) is 13.8 Å². The SMILES string of the molecule is CCOC(=O)/C(=C\c1ccc(C)cc1)C(=O)OF. The Morgan fingerprint density at radius 1 is 1.22 bits per heavy atom. The van der Waals surface area contributed by atoms with Crippen molar-refractivity contribution in [2.24, 2.45) is 0 Å². The van der Waals surface area contributed by atoms with E-state index in [9.17, 15) is 14.1 Å². The number of ether oxygens (including phenoxy) is 1. The van der Waals surface area contributed by atoms with Crippen molar-refractivity contribution >= 4 is 18.0 Å². The van der Waals surface area contributed by atoms with Crippen LogP contribution in [0.4, 0.5) is 4.53 Å². The van der Waals surface area contributed by atoms with Crippen LogP contribution in [-0.4, -0.2) is 18.5 Å². The highest BCUT2D eigenvalue weighted by Crippen LogP contribution is 2.11. The summed E-state index contributed by atoms with van der Waals surface area (Å²) in [5.74, 6) is -2.28. The monoisotopic (exact) mass is 252 g/mol. The molecule has 0 saturated carbocycles. The Balaban J connectivity index is 3.05. The molecule has 0 saturated heterocycles. The van der Waals surface area contributed by atoms with Gasteiger partial charge in [-0.1, -0.05) is 29.8 Å². The van der Waals surface area contributed by atoms with Gasteiger partial charge < -0.3 is 4.74 Å². The second-order valence-corrected chi connectivity index (χ2v) is 3.55. The molecule has 0 atom stereocenters. The number of carbonyl (C=O) groups excluding carboxylic acids is 2. The molecule has 0 aliphatic heterocycles. The zero-order chi connectivity index (χ0) is 13.5. The molecule has 4 nitrogen and oxygen atoms in total. The Hall–Kier alpha value is -2.17. The van der Waals surface area contributed by atoms with Gasteiger partial charge in [-0.05, 0) is 25.5 Å². The van der Waals surface area contributed by atoms with Crippen molar-refractivity contribution in [3.63, 3.8) is 0 Å². The summed E-state index contributed by atoms with van der Waals surface area (Å²) in [7, 11) is 0. The summed E-state index contributed by atoms with van der Waals surface area (Å²) in [6.45, 7) is 3.57. The first-order valence-electron chi connectivity index (χ1n) is 5.37. The number of hydrogen-bond acceptors (Lipinski definition) is 4. The molecule has 5 heteroatoms. The topological polar surface area (TPSA) is 52.6 Å². The van der Waals surface area contributed by atoms with Crippen LogP contribution in [0, 0.1) is 6.92 Å². The van der Waals surface area contributed by atoms with Gasteiger partial charge in [-0.3, -0.25) is 0 Å². The lowest BCUT2D eigenvalue weighted by Gasteiger charge is -2.03. The third kappa shape index (κ3) is 3.69. The van der Waals surface area contributed by atoms with E-state index in [0.717, 1.165) is 5.56 Å². The first-order chi connectivity index (χ1) is 8.58. The minimum absolute atomic E-state index is 0.0869. The van der Waals surface area contributed by atoms with E-state index in [0.29, 0.717) is 5.56 Å². The van der Waals surface area contributed by atoms with Crippen LogP contribution >= 0.6 is 0 Å². The van der Waals surface area contributed by atoms with Crippen LogP contribution in [-0.2, 0) is 19.3 Å². The molecule has 0 aromatic heterocycles. The van der Waals surface area contributed by atoms with E-state index in [1.165, 1.54) is 6.08 Å². The van der Waals surface area contributed by atoms with Gasteiger partial charge in [0.05, 0.1) is 6.61 Å². The molecular formula is C13H13FO4. The van der Waals surface area contributed by atoms with Crippen LogP contribution in [0.2, 0.25) is 0 Å². The second kappa shape index (κ2) is 6.54. The van der Waals surface area contributed by atoms with Crippen LogP contribution < -0.4 is 0 Å². The van der Waals surface area contributed by atoms with E-state index in [2.05, 4.69) is 9.68 Å². The highest BCUT2D eigenvalue weighted by Gasteiger charge is 2.22. The van der Waals surface area contributed by atoms with E-state index < -0.39 is 17.5 Å². The lowest BCUT2D eigenvalue weighted by molar-refractivity contribution is -0.179. The lowest BCUT2D eigenvalue weighted by Crippen LogP contribution is -2.16. The number of benzene rings is 1. The van der Waals surface area contributed by atoms with Crippen LogP contribution in [0.15, 0.2) is 29.8 Å². The van der Waals surface area contributed by atoms with E-state index in [4.69, 9.17) is 0 Å².